The van der Waals surface area contributed by atoms with Gasteiger partial charge in [-0.15, -0.1) is 0 Å². The first-order valence-electron chi connectivity index (χ1n) is 6.72. The Morgan fingerprint density at radius 1 is 1.50 bits per heavy atom. The molecule has 104 valence electrons. The maximum Gasteiger partial charge on any atom is 0.0829 e. The Bertz CT molecular complexity index is 255. The van der Waals surface area contributed by atoms with Crippen LogP contribution >= 0.6 is 0 Å². The topological polar surface area (TPSA) is 48.7 Å². The number of likely N-dealkylation sites (N-methyl/N-ethyl adjacent to an activating group) is 1. The average Bonchev–Trinajstić information content (AvgIpc) is 2.42. The van der Waals surface area contributed by atoms with Gasteiger partial charge in [-0.2, -0.15) is 5.26 Å². The second-order valence-corrected chi connectivity index (χ2v) is 4.59. The van der Waals surface area contributed by atoms with E-state index in [1.165, 1.54) is 0 Å². The number of hydrogen-bond acceptors (Lipinski definition) is 5. The molecule has 0 aliphatic carbocycles. The van der Waals surface area contributed by atoms with Gasteiger partial charge in [0.05, 0.1) is 25.4 Å². The molecule has 1 aliphatic rings. The van der Waals surface area contributed by atoms with Crippen LogP contribution in [0.25, 0.3) is 0 Å². The molecule has 0 aromatic heterocycles. The Morgan fingerprint density at radius 2 is 2.33 bits per heavy atom. The summed E-state index contributed by atoms with van der Waals surface area (Å²) < 4.78 is 10.9. The van der Waals surface area contributed by atoms with Gasteiger partial charge in [-0.3, -0.25) is 9.80 Å². The number of hydrogen-bond donors (Lipinski definition) is 0. The zero-order valence-corrected chi connectivity index (χ0v) is 11.6. The van der Waals surface area contributed by atoms with Gasteiger partial charge in [-0.05, 0) is 6.54 Å². The second-order valence-electron chi connectivity index (χ2n) is 4.59. The first kappa shape index (κ1) is 15.4. The van der Waals surface area contributed by atoms with E-state index in [0.29, 0.717) is 13.0 Å². The third-order valence-corrected chi connectivity index (χ3v) is 3.28. The van der Waals surface area contributed by atoms with Crippen LogP contribution < -0.4 is 0 Å². The highest BCUT2D eigenvalue weighted by atomic mass is 16.5. The number of nitrogens with zero attached hydrogens (tertiary/aromatic N) is 3. The largest absolute Gasteiger partial charge is 0.383 e. The van der Waals surface area contributed by atoms with E-state index in [2.05, 4.69) is 22.8 Å². The van der Waals surface area contributed by atoms with Crippen molar-refractivity contribution in [2.75, 3.05) is 59.6 Å². The van der Waals surface area contributed by atoms with Gasteiger partial charge >= 0.3 is 0 Å². The Hall–Kier alpha value is -0.670. The molecule has 1 atom stereocenters. The number of methoxy groups -OCH3 is 1. The number of morpholine rings is 1. The van der Waals surface area contributed by atoms with Gasteiger partial charge in [0.1, 0.15) is 0 Å². The number of nitriles is 1. The highest BCUT2D eigenvalue weighted by Crippen LogP contribution is 2.07. The minimum atomic E-state index is 0.259. The van der Waals surface area contributed by atoms with Gasteiger partial charge < -0.3 is 9.47 Å². The van der Waals surface area contributed by atoms with Gasteiger partial charge in [0.2, 0.25) is 0 Å². The predicted molar refractivity (Wildman–Crippen MR) is 70.4 cm³/mol. The van der Waals surface area contributed by atoms with Gasteiger partial charge in [0.25, 0.3) is 0 Å². The van der Waals surface area contributed by atoms with E-state index in [0.717, 1.165) is 45.9 Å². The van der Waals surface area contributed by atoms with Gasteiger partial charge in [-0.25, -0.2) is 0 Å². The van der Waals surface area contributed by atoms with E-state index in [1.807, 2.05) is 0 Å². The Balaban J connectivity index is 2.35. The molecule has 0 radical (unpaired) electrons. The maximum atomic E-state index is 8.68. The molecule has 1 heterocycles. The van der Waals surface area contributed by atoms with E-state index in [-0.39, 0.29) is 6.10 Å². The van der Waals surface area contributed by atoms with Crippen molar-refractivity contribution in [2.24, 2.45) is 0 Å². The van der Waals surface area contributed by atoms with Crippen LogP contribution in [0.1, 0.15) is 13.3 Å². The molecule has 1 aliphatic heterocycles. The average molecular weight is 255 g/mol. The monoisotopic (exact) mass is 255 g/mol. The SMILES string of the molecule is CCN1CCOC(CN(CCC#N)CCOC)C1. The smallest absolute Gasteiger partial charge is 0.0829 e. The van der Waals surface area contributed by atoms with Crippen molar-refractivity contribution in [1.29, 1.82) is 5.26 Å². The molecular weight excluding hydrogens is 230 g/mol. The van der Waals surface area contributed by atoms with Crippen molar-refractivity contribution in [2.45, 2.75) is 19.4 Å². The summed E-state index contributed by atoms with van der Waals surface area (Å²) in [5, 5.41) is 8.68. The first-order chi connectivity index (χ1) is 8.80. The lowest BCUT2D eigenvalue weighted by Crippen LogP contribution is -2.48. The van der Waals surface area contributed by atoms with E-state index < -0.39 is 0 Å². The van der Waals surface area contributed by atoms with Crippen molar-refractivity contribution in [3.8, 4) is 6.07 Å². The highest BCUT2D eigenvalue weighted by Gasteiger charge is 2.21. The van der Waals surface area contributed by atoms with Gasteiger partial charge in [0.15, 0.2) is 0 Å². The molecular formula is C13H25N3O2. The van der Waals surface area contributed by atoms with Gasteiger partial charge in [0, 0.05) is 46.3 Å². The lowest BCUT2D eigenvalue weighted by atomic mass is 10.2. The van der Waals surface area contributed by atoms with Crippen molar-refractivity contribution in [3.05, 3.63) is 0 Å². The first-order valence-corrected chi connectivity index (χ1v) is 6.72. The normalized spacial score (nSPS) is 21.1. The fraction of sp³-hybridized carbons (Fsp3) is 0.923. The molecule has 0 saturated carbocycles. The molecule has 0 N–H and O–H groups in total. The summed E-state index contributed by atoms with van der Waals surface area (Å²) in [5.41, 5.74) is 0. The Kier molecular flexibility index (Phi) is 7.94. The lowest BCUT2D eigenvalue weighted by molar-refractivity contribution is -0.0434. The van der Waals surface area contributed by atoms with Crippen molar-refractivity contribution < 1.29 is 9.47 Å². The van der Waals surface area contributed by atoms with Crippen molar-refractivity contribution in [3.63, 3.8) is 0 Å². The lowest BCUT2D eigenvalue weighted by Gasteiger charge is -2.35. The zero-order chi connectivity index (χ0) is 13.2. The third-order valence-electron chi connectivity index (χ3n) is 3.28. The van der Waals surface area contributed by atoms with Crippen LogP contribution in [-0.2, 0) is 9.47 Å². The Morgan fingerprint density at radius 3 is 3.00 bits per heavy atom. The van der Waals surface area contributed by atoms with Gasteiger partial charge in [-0.1, -0.05) is 6.92 Å². The van der Waals surface area contributed by atoms with Crippen molar-refractivity contribution >= 4 is 0 Å². The molecule has 1 fully saturated rings. The summed E-state index contributed by atoms with van der Waals surface area (Å²) in [6.07, 6.45) is 0.822. The quantitative estimate of drug-likeness (QED) is 0.634. The van der Waals surface area contributed by atoms with Crippen molar-refractivity contribution in [1.82, 2.24) is 9.80 Å². The predicted octanol–water partition coefficient (Wildman–Crippen LogP) is 0.569. The minimum absolute atomic E-state index is 0.259. The molecule has 0 bridgehead atoms. The summed E-state index contributed by atoms with van der Waals surface area (Å²) in [6.45, 7) is 9.36. The molecule has 1 unspecified atom stereocenters. The molecule has 18 heavy (non-hydrogen) atoms. The van der Waals surface area contributed by atoms with E-state index in [1.54, 1.807) is 7.11 Å². The van der Waals surface area contributed by atoms with Crippen LogP contribution in [0, 0.1) is 11.3 Å². The summed E-state index contributed by atoms with van der Waals surface area (Å²) in [6, 6.07) is 2.20. The molecule has 0 spiro atoms. The molecule has 5 heteroatoms. The molecule has 0 aromatic rings. The fourth-order valence-electron chi connectivity index (χ4n) is 2.19. The maximum absolute atomic E-state index is 8.68. The molecule has 0 aromatic carbocycles. The van der Waals surface area contributed by atoms with Crippen LogP contribution in [0.15, 0.2) is 0 Å². The summed E-state index contributed by atoms with van der Waals surface area (Å²) in [5.74, 6) is 0. The summed E-state index contributed by atoms with van der Waals surface area (Å²) >= 11 is 0. The number of ether oxygens (including phenoxy) is 2. The summed E-state index contributed by atoms with van der Waals surface area (Å²) in [4.78, 5) is 4.67. The van der Waals surface area contributed by atoms with E-state index in [9.17, 15) is 0 Å². The third kappa shape index (κ3) is 5.78. The molecule has 0 amide bonds. The fourth-order valence-corrected chi connectivity index (χ4v) is 2.19. The standard InChI is InChI=1S/C13H25N3O2/c1-3-15-8-10-18-13(11-15)12-16(6-4-5-14)7-9-17-2/h13H,3-4,6-12H2,1-2H3. The van der Waals surface area contributed by atoms with Crippen LogP contribution in [-0.4, -0.2) is 75.5 Å². The van der Waals surface area contributed by atoms with E-state index in [4.69, 9.17) is 14.7 Å². The highest BCUT2D eigenvalue weighted by molar-refractivity contribution is 4.77. The summed E-state index contributed by atoms with van der Waals surface area (Å²) in [7, 11) is 1.71. The van der Waals surface area contributed by atoms with E-state index >= 15 is 0 Å². The van der Waals surface area contributed by atoms with Crippen LogP contribution in [0.3, 0.4) is 0 Å². The van der Waals surface area contributed by atoms with Crippen LogP contribution in [0.2, 0.25) is 0 Å². The molecule has 5 nitrogen and oxygen atoms in total. The molecule has 1 rings (SSSR count). The number of rotatable bonds is 8. The Labute approximate surface area is 110 Å². The van der Waals surface area contributed by atoms with Crippen LogP contribution in [0.5, 0.6) is 0 Å². The minimum Gasteiger partial charge on any atom is -0.383 e. The zero-order valence-electron chi connectivity index (χ0n) is 11.6. The second kappa shape index (κ2) is 9.29. The molecule has 1 saturated heterocycles. The van der Waals surface area contributed by atoms with Crippen LogP contribution in [0.4, 0.5) is 0 Å².